The predicted molar refractivity (Wildman–Crippen MR) is 154 cm³/mol. The number of carbonyl (C=O) groups excluding carboxylic acids is 1. The first kappa shape index (κ1) is 30.0. The lowest BCUT2D eigenvalue weighted by Crippen LogP contribution is -2.64. The molecule has 2 saturated heterocycles. The number of amides is 2. The molecule has 3 aliphatic rings. The summed E-state index contributed by atoms with van der Waals surface area (Å²) >= 11 is 0. The molecule has 1 unspecified atom stereocenters. The third-order valence-electron chi connectivity index (χ3n) is 8.23. The van der Waals surface area contributed by atoms with Gasteiger partial charge in [-0.15, -0.1) is 0 Å². The van der Waals surface area contributed by atoms with Crippen molar-refractivity contribution >= 4 is 17.7 Å². The predicted octanol–water partition coefficient (Wildman–Crippen LogP) is 2.71. The van der Waals surface area contributed by atoms with E-state index in [1.807, 2.05) is 19.9 Å². The maximum atomic E-state index is 13.9. The lowest BCUT2D eigenvalue weighted by atomic mass is 10.0. The molecule has 42 heavy (non-hydrogen) atoms. The molecule has 0 bridgehead atoms. The average molecular weight is 586 g/mol. The standard InChI is InChI=1S/C30H40FN5O6/c1-4-41-28-23(13-22-5-7-24(31)8-6-22)14-26-29(32-28)42-12-10-35(26)27(37)18-34-15-20(2)36(30(38)39)17-25(34)16-33-9-11-40-19-21(33)3/h5-8,14,20-21,25H,4,9-13,15-19H2,1-3H3,(H,38,39)/t20-,21?,25+/m1/s1. The third-order valence-corrected chi connectivity index (χ3v) is 8.23. The lowest BCUT2D eigenvalue weighted by molar-refractivity contribution is -0.122. The van der Waals surface area contributed by atoms with Gasteiger partial charge in [-0.05, 0) is 44.5 Å². The number of benzene rings is 1. The molecule has 1 aromatic heterocycles. The second-order valence-electron chi connectivity index (χ2n) is 11.2. The fraction of sp³-hybridized carbons (Fsp3) is 0.567. The van der Waals surface area contributed by atoms with E-state index in [9.17, 15) is 19.1 Å². The quantitative estimate of drug-likeness (QED) is 0.500. The van der Waals surface area contributed by atoms with Gasteiger partial charge in [0.2, 0.25) is 17.7 Å². The second-order valence-corrected chi connectivity index (χ2v) is 11.2. The largest absolute Gasteiger partial charge is 0.478 e. The van der Waals surface area contributed by atoms with Gasteiger partial charge in [0, 0.05) is 56.3 Å². The van der Waals surface area contributed by atoms with Gasteiger partial charge < -0.3 is 29.1 Å². The van der Waals surface area contributed by atoms with Crippen molar-refractivity contribution in [1.82, 2.24) is 19.7 Å². The van der Waals surface area contributed by atoms with Crippen molar-refractivity contribution < 1.29 is 33.3 Å². The van der Waals surface area contributed by atoms with Crippen LogP contribution in [0.2, 0.25) is 0 Å². The highest BCUT2D eigenvalue weighted by Crippen LogP contribution is 2.36. The summed E-state index contributed by atoms with van der Waals surface area (Å²) in [7, 11) is 0. The molecule has 1 N–H and O–H groups in total. The molecule has 3 aliphatic heterocycles. The molecule has 2 fully saturated rings. The molecule has 2 amide bonds. The first-order chi connectivity index (χ1) is 20.2. The molecule has 3 atom stereocenters. The molecule has 1 aromatic carbocycles. The number of piperazine rings is 1. The summed E-state index contributed by atoms with van der Waals surface area (Å²) in [5.74, 6) is 0.350. The van der Waals surface area contributed by atoms with Crippen LogP contribution < -0.4 is 14.4 Å². The van der Waals surface area contributed by atoms with E-state index < -0.39 is 6.09 Å². The average Bonchev–Trinajstić information content (AvgIpc) is 2.96. The number of carboxylic acid groups (broad SMARTS) is 1. The maximum Gasteiger partial charge on any atom is 0.407 e. The Kier molecular flexibility index (Phi) is 9.44. The number of aromatic nitrogens is 1. The molecule has 5 rings (SSSR count). The monoisotopic (exact) mass is 585 g/mol. The fourth-order valence-electron chi connectivity index (χ4n) is 5.94. The molecule has 228 valence electrons. The number of nitrogens with zero attached hydrogens (tertiary/aromatic N) is 5. The topological polar surface area (TPSA) is 108 Å². The van der Waals surface area contributed by atoms with Gasteiger partial charge >= 0.3 is 6.09 Å². The van der Waals surface area contributed by atoms with E-state index in [2.05, 4.69) is 21.7 Å². The molecule has 4 heterocycles. The van der Waals surface area contributed by atoms with E-state index in [0.29, 0.717) is 76.5 Å². The van der Waals surface area contributed by atoms with Gasteiger partial charge in [-0.25, -0.2) is 9.18 Å². The molecule has 0 saturated carbocycles. The zero-order valence-corrected chi connectivity index (χ0v) is 24.5. The van der Waals surface area contributed by atoms with Crippen LogP contribution in [0.15, 0.2) is 30.3 Å². The molecule has 12 heteroatoms. The number of carbonyl (C=O) groups is 2. The van der Waals surface area contributed by atoms with E-state index in [1.54, 1.807) is 17.0 Å². The minimum Gasteiger partial charge on any atom is -0.478 e. The summed E-state index contributed by atoms with van der Waals surface area (Å²) in [5, 5.41) is 9.82. The Bertz CT molecular complexity index is 1260. The summed E-state index contributed by atoms with van der Waals surface area (Å²) < 4.78 is 30.8. The molecular formula is C30H40FN5O6. The maximum absolute atomic E-state index is 13.9. The van der Waals surface area contributed by atoms with Gasteiger partial charge in [0.1, 0.15) is 18.1 Å². The highest BCUT2D eigenvalue weighted by molar-refractivity contribution is 5.96. The molecular weight excluding hydrogens is 545 g/mol. The van der Waals surface area contributed by atoms with Gasteiger partial charge in [0.05, 0.1) is 32.9 Å². The van der Waals surface area contributed by atoms with Gasteiger partial charge in [0.15, 0.2) is 0 Å². The van der Waals surface area contributed by atoms with Crippen LogP contribution >= 0.6 is 0 Å². The number of hydrogen-bond acceptors (Lipinski definition) is 8. The number of morpholine rings is 1. The minimum absolute atomic E-state index is 0.103. The van der Waals surface area contributed by atoms with Gasteiger partial charge in [-0.3, -0.25) is 14.6 Å². The van der Waals surface area contributed by atoms with Crippen molar-refractivity contribution in [3.05, 3.63) is 47.3 Å². The molecule has 2 aromatic rings. The summed E-state index contributed by atoms with van der Waals surface area (Å²) in [6, 6.07) is 7.97. The van der Waals surface area contributed by atoms with Crippen molar-refractivity contribution in [1.29, 1.82) is 0 Å². The fourth-order valence-corrected chi connectivity index (χ4v) is 5.94. The number of pyridine rings is 1. The summed E-state index contributed by atoms with van der Waals surface area (Å²) in [6.07, 6.45) is -0.493. The number of fused-ring (bicyclic) bond motifs is 1. The van der Waals surface area contributed by atoms with E-state index in [4.69, 9.17) is 14.2 Å². The van der Waals surface area contributed by atoms with Crippen molar-refractivity contribution in [2.24, 2.45) is 0 Å². The van der Waals surface area contributed by atoms with Crippen LogP contribution in [0, 0.1) is 5.82 Å². The molecule has 0 aliphatic carbocycles. The van der Waals surface area contributed by atoms with Crippen molar-refractivity contribution in [2.75, 3.05) is 70.6 Å². The first-order valence-corrected chi connectivity index (χ1v) is 14.6. The van der Waals surface area contributed by atoms with Crippen molar-refractivity contribution in [3.63, 3.8) is 0 Å². The Morgan fingerprint density at radius 2 is 1.88 bits per heavy atom. The SMILES string of the molecule is CCOc1nc2c(cc1Cc1ccc(F)cc1)N(C(=O)CN1C[C@@H](C)N(C(=O)O)C[C@@H]1CN1CCOCC1C)CCO2. The Balaban J connectivity index is 1.38. The third kappa shape index (κ3) is 6.77. The smallest absolute Gasteiger partial charge is 0.407 e. The number of hydrogen-bond donors (Lipinski definition) is 1. The minimum atomic E-state index is -0.944. The summed E-state index contributed by atoms with van der Waals surface area (Å²) in [5.41, 5.74) is 2.23. The molecule has 0 radical (unpaired) electrons. The summed E-state index contributed by atoms with van der Waals surface area (Å²) in [4.78, 5) is 38.1. The van der Waals surface area contributed by atoms with E-state index in [-0.39, 0.29) is 36.4 Å². The highest BCUT2D eigenvalue weighted by Gasteiger charge is 2.38. The van der Waals surface area contributed by atoms with Gasteiger partial charge in [-0.1, -0.05) is 12.1 Å². The zero-order chi connectivity index (χ0) is 29.8. The van der Waals surface area contributed by atoms with Crippen LogP contribution in [-0.2, 0) is 16.0 Å². The van der Waals surface area contributed by atoms with Crippen molar-refractivity contribution in [2.45, 2.75) is 45.3 Å². The zero-order valence-electron chi connectivity index (χ0n) is 24.5. The Labute approximate surface area is 245 Å². The van der Waals surface area contributed by atoms with E-state index in [1.165, 1.54) is 17.0 Å². The van der Waals surface area contributed by atoms with Crippen LogP contribution in [0.3, 0.4) is 0 Å². The van der Waals surface area contributed by atoms with Crippen LogP contribution in [0.5, 0.6) is 11.8 Å². The van der Waals surface area contributed by atoms with E-state index >= 15 is 0 Å². The van der Waals surface area contributed by atoms with Gasteiger partial charge in [0.25, 0.3) is 0 Å². The Morgan fingerprint density at radius 1 is 1.10 bits per heavy atom. The number of ether oxygens (including phenoxy) is 3. The molecule has 0 spiro atoms. The number of anilines is 1. The number of halogens is 1. The normalized spacial score (nSPS) is 23.3. The van der Waals surface area contributed by atoms with Crippen LogP contribution in [0.4, 0.5) is 14.9 Å². The van der Waals surface area contributed by atoms with E-state index in [0.717, 1.165) is 17.7 Å². The number of rotatable bonds is 8. The first-order valence-electron chi connectivity index (χ1n) is 14.6. The lowest BCUT2D eigenvalue weighted by Gasteiger charge is -2.47. The Morgan fingerprint density at radius 3 is 2.60 bits per heavy atom. The summed E-state index contributed by atoms with van der Waals surface area (Å²) in [6.45, 7) is 10.5. The highest BCUT2D eigenvalue weighted by atomic mass is 19.1. The Hall–Kier alpha value is -3.48. The van der Waals surface area contributed by atoms with Crippen molar-refractivity contribution in [3.8, 4) is 11.8 Å². The van der Waals surface area contributed by atoms with Crippen LogP contribution in [0.25, 0.3) is 0 Å². The van der Waals surface area contributed by atoms with Crippen LogP contribution in [0.1, 0.15) is 31.9 Å². The second kappa shape index (κ2) is 13.2. The van der Waals surface area contributed by atoms with Gasteiger partial charge in [-0.2, -0.15) is 4.98 Å². The molecule has 11 nitrogen and oxygen atoms in total. The van der Waals surface area contributed by atoms with Crippen LogP contribution in [-0.4, -0.2) is 121 Å².